The molecule has 1 aromatic heterocycles. The quantitative estimate of drug-likeness (QED) is 0.612. The summed E-state index contributed by atoms with van der Waals surface area (Å²) in [6.07, 6.45) is 7.01. The SMILES string of the molecule is O=C(c1ccc(Br)c(OCCn2cnnn2)c1Br)C1CCCCC1. The Morgan fingerprint density at radius 3 is 2.75 bits per heavy atom. The van der Waals surface area contributed by atoms with Gasteiger partial charge in [0.25, 0.3) is 0 Å². The number of halogens is 2. The van der Waals surface area contributed by atoms with E-state index in [0.717, 1.165) is 30.2 Å². The van der Waals surface area contributed by atoms with E-state index in [-0.39, 0.29) is 11.7 Å². The van der Waals surface area contributed by atoms with Crippen LogP contribution in [0, 0.1) is 5.92 Å². The number of tetrazole rings is 1. The Labute approximate surface area is 157 Å². The second-order valence-corrected chi connectivity index (χ2v) is 7.51. The zero-order valence-electron chi connectivity index (χ0n) is 13.1. The molecule has 0 N–H and O–H groups in total. The van der Waals surface area contributed by atoms with E-state index in [1.165, 1.54) is 12.7 Å². The molecule has 24 heavy (non-hydrogen) atoms. The van der Waals surface area contributed by atoms with Gasteiger partial charge in [0.15, 0.2) is 5.78 Å². The third kappa shape index (κ3) is 4.03. The van der Waals surface area contributed by atoms with Crippen molar-refractivity contribution >= 4 is 37.6 Å². The molecule has 128 valence electrons. The lowest BCUT2D eigenvalue weighted by atomic mass is 9.84. The first kappa shape index (κ1) is 17.5. The molecule has 0 aliphatic heterocycles. The molecule has 0 bridgehead atoms. The number of rotatable bonds is 6. The van der Waals surface area contributed by atoms with E-state index in [4.69, 9.17) is 4.74 Å². The number of hydrogen-bond acceptors (Lipinski definition) is 5. The van der Waals surface area contributed by atoms with Crippen molar-refractivity contribution in [2.24, 2.45) is 5.92 Å². The zero-order chi connectivity index (χ0) is 16.9. The maximum atomic E-state index is 12.8. The second kappa shape index (κ2) is 8.20. The van der Waals surface area contributed by atoms with Crippen LogP contribution >= 0.6 is 31.9 Å². The van der Waals surface area contributed by atoms with Crippen molar-refractivity contribution in [1.82, 2.24) is 20.2 Å². The number of hydrogen-bond donors (Lipinski definition) is 0. The minimum Gasteiger partial charge on any atom is -0.489 e. The Morgan fingerprint density at radius 1 is 1.25 bits per heavy atom. The molecule has 0 atom stereocenters. The minimum atomic E-state index is 0.130. The molecule has 1 heterocycles. The highest BCUT2D eigenvalue weighted by atomic mass is 79.9. The van der Waals surface area contributed by atoms with E-state index in [0.29, 0.717) is 28.9 Å². The van der Waals surface area contributed by atoms with Crippen LogP contribution in [0.25, 0.3) is 0 Å². The number of carbonyl (C=O) groups excluding carboxylic acids is 1. The molecular weight excluding hydrogens is 440 g/mol. The molecule has 0 unspecified atom stereocenters. The van der Waals surface area contributed by atoms with E-state index in [1.54, 1.807) is 4.68 Å². The lowest BCUT2D eigenvalue weighted by Gasteiger charge is -2.21. The Balaban J connectivity index is 1.73. The van der Waals surface area contributed by atoms with Gasteiger partial charge in [-0.15, -0.1) is 5.10 Å². The summed E-state index contributed by atoms with van der Waals surface area (Å²) in [6.45, 7) is 0.940. The third-order valence-corrected chi connectivity index (χ3v) is 5.66. The van der Waals surface area contributed by atoms with Gasteiger partial charge in [-0.2, -0.15) is 0 Å². The number of Topliss-reactive ketones (excluding diaryl/α,β-unsaturated/α-hetero) is 1. The van der Waals surface area contributed by atoms with Gasteiger partial charge < -0.3 is 4.74 Å². The van der Waals surface area contributed by atoms with Gasteiger partial charge in [0, 0.05) is 11.5 Å². The fraction of sp³-hybridized carbons (Fsp3) is 0.500. The fourth-order valence-electron chi connectivity index (χ4n) is 2.96. The van der Waals surface area contributed by atoms with Gasteiger partial charge in [0.1, 0.15) is 18.7 Å². The number of carbonyl (C=O) groups is 1. The molecule has 3 rings (SSSR count). The molecular formula is C16H18Br2N4O2. The van der Waals surface area contributed by atoms with Gasteiger partial charge in [-0.05, 0) is 67.3 Å². The van der Waals surface area contributed by atoms with Crippen LogP contribution in [0.3, 0.4) is 0 Å². The smallest absolute Gasteiger partial charge is 0.167 e. The Hall–Kier alpha value is -1.28. The van der Waals surface area contributed by atoms with Crippen LogP contribution in [0.15, 0.2) is 27.4 Å². The van der Waals surface area contributed by atoms with Gasteiger partial charge in [-0.3, -0.25) is 4.79 Å². The van der Waals surface area contributed by atoms with Gasteiger partial charge in [-0.25, -0.2) is 4.68 Å². The average Bonchev–Trinajstić information content (AvgIpc) is 3.11. The van der Waals surface area contributed by atoms with E-state index in [1.807, 2.05) is 12.1 Å². The first-order valence-corrected chi connectivity index (χ1v) is 9.61. The van der Waals surface area contributed by atoms with E-state index < -0.39 is 0 Å². The Bertz CT molecular complexity index is 700. The first-order valence-electron chi connectivity index (χ1n) is 8.02. The lowest BCUT2D eigenvalue weighted by molar-refractivity contribution is 0.0888. The molecule has 2 aromatic rings. The van der Waals surface area contributed by atoms with Crippen LogP contribution in [-0.2, 0) is 6.54 Å². The molecule has 1 saturated carbocycles. The number of benzene rings is 1. The van der Waals surface area contributed by atoms with Crippen LogP contribution in [0.1, 0.15) is 42.5 Å². The van der Waals surface area contributed by atoms with Gasteiger partial charge in [-0.1, -0.05) is 19.3 Å². The summed E-state index contributed by atoms with van der Waals surface area (Å²) in [5.74, 6) is 0.981. The van der Waals surface area contributed by atoms with Gasteiger partial charge in [0.2, 0.25) is 0 Å². The normalized spacial score (nSPS) is 15.4. The first-order chi connectivity index (χ1) is 11.7. The molecule has 0 saturated heterocycles. The van der Waals surface area contributed by atoms with Crippen molar-refractivity contribution in [1.29, 1.82) is 0 Å². The standard InChI is InChI=1S/C16H18Br2N4O2/c17-13-7-6-12(15(23)11-4-2-1-3-5-11)14(18)16(13)24-9-8-22-10-19-20-21-22/h6-7,10-11H,1-5,8-9H2. The summed E-state index contributed by atoms with van der Waals surface area (Å²) in [5.41, 5.74) is 0.697. The molecule has 0 spiro atoms. The highest BCUT2D eigenvalue weighted by Crippen LogP contribution is 2.38. The maximum absolute atomic E-state index is 12.8. The monoisotopic (exact) mass is 456 g/mol. The molecule has 1 fully saturated rings. The van der Waals surface area contributed by atoms with E-state index >= 15 is 0 Å². The molecule has 1 aromatic carbocycles. The molecule has 0 radical (unpaired) electrons. The van der Waals surface area contributed by atoms with E-state index in [9.17, 15) is 4.79 Å². The lowest BCUT2D eigenvalue weighted by Crippen LogP contribution is -2.18. The third-order valence-electron chi connectivity index (χ3n) is 4.25. The number of ether oxygens (including phenoxy) is 1. The van der Waals surface area contributed by atoms with Crippen LogP contribution < -0.4 is 4.74 Å². The van der Waals surface area contributed by atoms with E-state index in [2.05, 4.69) is 47.4 Å². The van der Waals surface area contributed by atoms with Crippen molar-refractivity contribution < 1.29 is 9.53 Å². The Morgan fingerprint density at radius 2 is 2.04 bits per heavy atom. The molecule has 8 heteroatoms. The van der Waals surface area contributed by atoms with Crippen LogP contribution in [-0.4, -0.2) is 32.6 Å². The molecule has 1 aliphatic carbocycles. The second-order valence-electron chi connectivity index (χ2n) is 5.86. The number of ketones is 1. The predicted octanol–water partition coefficient (Wildman–Crippen LogP) is 4.04. The topological polar surface area (TPSA) is 69.9 Å². The summed E-state index contributed by atoms with van der Waals surface area (Å²) in [6, 6.07) is 3.73. The van der Waals surface area contributed by atoms with Crippen LogP contribution in [0.4, 0.5) is 0 Å². The summed E-state index contributed by atoms with van der Waals surface area (Å²) < 4.78 is 8.98. The fourth-order valence-corrected chi connectivity index (χ4v) is 4.33. The minimum absolute atomic E-state index is 0.130. The van der Waals surface area contributed by atoms with Gasteiger partial charge in [0.05, 0.1) is 15.5 Å². The predicted molar refractivity (Wildman–Crippen MR) is 96.1 cm³/mol. The molecule has 6 nitrogen and oxygen atoms in total. The summed E-state index contributed by atoms with van der Waals surface area (Å²) >= 11 is 7.05. The summed E-state index contributed by atoms with van der Waals surface area (Å²) in [4.78, 5) is 12.8. The van der Waals surface area contributed by atoms with Crippen molar-refractivity contribution in [3.05, 3.63) is 33.0 Å². The summed E-state index contributed by atoms with van der Waals surface area (Å²) in [5, 5.41) is 11.0. The maximum Gasteiger partial charge on any atom is 0.167 e. The van der Waals surface area contributed by atoms with Crippen molar-refractivity contribution in [3.63, 3.8) is 0 Å². The van der Waals surface area contributed by atoms with Crippen molar-refractivity contribution in [2.75, 3.05) is 6.61 Å². The highest BCUT2D eigenvalue weighted by Gasteiger charge is 2.25. The number of aromatic nitrogens is 4. The zero-order valence-corrected chi connectivity index (χ0v) is 16.3. The van der Waals surface area contributed by atoms with Crippen LogP contribution in [0.5, 0.6) is 5.75 Å². The highest BCUT2D eigenvalue weighted by molar-refractivity contribution is 9.11. The number of nitrogens with zero attached hydrogens (tertiary/aromatic N) is 4. The average molecular weight is 458 g/mol. The van der Waals surface area contributed by atoms with Gasteiger partial charge >= 0.3 is 0 Å². The van der Waals surface area contributed by atoms with Crippen LogP contribution in [0.2, 0.25) is 0 Å². The van der Waals surface area contributed by atoms with Crippen molar-refractivity contribution in [3.8, 4) is 5.75 Å². The largest absolute Gasteiger partial charge is 0.489 e. The van der Waals surface area contributed by atoms with Crippen molar-refractivity contribution in [2.45, 2.75) is 38.6 Å². The summed E-state index contributed by atoms with van der Waals surface area (Å²) in [7, 11) is 0. The molecule has 1 aliphatic rings. The Kier molecular flexibility index (Phi) is 5.99. The molecule has 0 amide bonds.